The molecule has 3 heterocycles. The first-order chi connectivity index (χ1) is 10.2. The van der Waals surface area contributed by atoms with E-state index in [1.807, 2.05) is 19.4 Å². The molecule has 1 aromatic rings. The number of nitrogens with one attached hydrogen (secondary N) is 1. The molecule has 0 spiro atoms. The molecule has 0 radical (unpaired) electrons. The van der Waals surface area contributed by atoms with Gasteiger partial charge < -0.3 is 19.5 Å². The molecule has 2 atom stereocenters. The minimum Gasteiger partial charge on any atom is -0.376 e. The van der Waals surface area contributed by atoms with Gasteiger partial charge in [0, 0.05) is 52.1 Å². The molecular weight excluding hydrogens is 268 g/mol. The molecule has 1 N–H and O–H groups in total. The van der Waals surface area contributed by atoms with E-state index in [0.29, 0.717) is 12.5 Å². The van der Waals surface area contributed by atoms with Crippen molar-refractivity contribution in [2.45, 2.75) is 38.3 Å². The van der Waals surface area contributed by atoms with Gasteiger partial charge >= 0.3 is 6.03 Å². The predicted molar refractivity (Wildman–Crippen MR) is 79.0 cm³/mol. The van der Waals surface area contributed by atoms with Gasteiger partial charge in [0.15, 0.2) is 0 Å². The number of carbonyl (C=O) groups excluding carboxylic acids is 1. The third-order valence-corrected chi connectivity index (χ3v) is 4.42. The van der Waals surface area contributed by atoms with Crippen LogP contribution in [-0.4, -0.2) is 53.3 Å². The molecule has 1 fully saturated rings. The zero-order valence-corrected chi connectivity index (χ0v) is 12.6. The van der Waals surface area contributed by atoms with Crippen molar-refractivity contribution in [2.24, 2.45) is 5.92 Å². The Morgan fingerprint density at radius 2 is 2.48 bits per heavy atom. The van der Waals surface area contributed by atoms with E-state index in [1.54, 1.807) is 4.90 Å². The summed E-state index contributed by atoms with van der Waals surface area (Å²) in [5.41, 5.74) is 0. The average Bonchev–Trinajstić information content (AvgIpc) is 3.15. The van der Waals surface area contributed by atoms with Crippen molar-refractivity contribution < 1.29 is 9.53 Å². The summed E-state index contributed by atoms with van der Waals surface area (Å²) in [5.74, 6) is 1.67. The number of hydrogen-bond acceptors (Lipinski definition) is 3. The molecule has 1 aromatic heterocycles. The Balaban J connectivity index is 1.43. The van der Waals surface area contributed by atoms with Crippen LogP contribution in [0, 0.1) is 5.92 Å². The van der Waals surface area contributed by atoms with Gasteiger partial charge in [0.25, 0.3) is 0 Å². The van der Waals surface area contributed by atoms with Crippen molar-refractivity contribution in [3.8, 4) is 0 Å². The van der Waals surface area contributed by atoms with Gasteiger partial charge in [0.1, 0.15) is 5.82 Å². The highest BCUT2D eigenvalue weighted by Gasteiger charge is 2.22. The molecular formula is C15H24N4O2. The number of ether oxygens (including phenoxy) is 1. The van der Waals surface area contributed by atoms with E-state index in [0.717, 1.165) is 51.2 Å². The SMILES string of the molecule is CN(C[C@@H]1CCc2nccn2C1)C(=O)NC[C@H]1CCCO1. The first kappa shape index (κ1) is 14.4. The topological polar surface area (TPSA) is 59.4 Å². The number of fused-ring (bicyclic) bond motifs is 1. The fraction of sp³-hybridized carbons (Fsp3) is 0.733. The maximum Gasteiger partial charge on any atom is 0.317 e. The Labute approximate surface area is 125 Å². The quantitative estimate of drug-likeness (QED) is 0.909. The fourth-order valence-electron chi connectivity index (χ4n) is 3.20. The lowest BCUT2D eigenvalue weighted by Crippen LogP contribution is -2.43. The van der Waals surface area contributed by atoms with Gasteiger partial charge in [-0.15, -0.1) is 0 Å². The number of rotatable bonds is 4. The van der Waals surface area contributed by atoms with Crippen LogP contribution < -0.4 is 5.32 Å². The summed E-state index contributed by atoms with van der Waals surface area (Å²) in [6, 6.07) is 0.00179. The molecule has 6 heteroatoms. The highest BCUT2D eigenvalue weighted by atomic mass is 16.5. The number of aromatic nitrogens is 2. The van der Waals surface area contributed by atoms with E-state index >= 15 is 0 Å². The zero-order chi connectivity index (χ0) is 14.7. The molecule has 6 nitrogen and oxygen atoms in total. The zero-order valence-electron chi connectivity index (χ0n) is 12.6. The maximum absolute atomic E-state index is 12.1. The summed E-state index contributed by atoms with van der Waals surface area (Å²) in [5, 5.41) is 2.97. The average molecular weight is 292 g/mol. The van der Waals surface area contributed by atoms with E-state index < -0.39 is 0 Å². The molecule has 0 saturated carbocycles. The van der Waals surface area contributed by atoms with E-state index in [9.17, 15) is 4.79 Å². The molecule has 1 saturated heterocycles. The van der Waals surface area contributed by atoms with Gasteiger partial charge in [0.2, 0.25) is 0 Å². The highest BCUT2D eigenvalue weighted by molar-refractivity contribution is 5.73. The molecule has 0 aromatic carbocycles. The highest BCUT2D eigenvalue weighted by Crippen LogP contribution is 2.19. The third-order valence-electron chi connectivity index (χ3n) is 4.42. The smallest absolute Gasteiger partial charge is 0.317 e. The number of aryl methyl sites for hydroxylation is 1. The number of hydrogen-bond donors (Lipinski definition) is 1. The number of carbonyl (C=O) groups is 1. The number of amides is 2. The summed E-state index contributed by atoms with van der Waals surface area (Å²) in [7, 11) is 1.87. The van der Waals surface area contributed by atoms with Crippen molar-refractivity contribution in [1.29, 1.82) is 0 Å². The van der Waals surface area contributed by atoms with E-state index in [1.165, 1.54) is 0 Å². The second kappa shape index (κ2) is 6.47. The van der Waals surface area contributed by atoms with Gasteiger partial charge in [-0.25, -0.2) is 9.78 Å². The van der Waals surface area contributed by atoms with Crippen LogP contribution in [0.3, 0.4) is 0 Å². The Bertz CT molecular complexity index is 482. The molecule has 2 amide bonds. The molecule has 2 aliphatic rings. The summed E-state index contributed by atoms with van der Waals surface area (Å²) >= 11 is 0. The molecule has 0 bridgehead atoms. The van der Waals surface area contributed by atoms with Crippen LogP contribution in [0.2, 0.25) is 0 Å². The van der Waals surface area contributed by atoms with Crippen LogP contribution in [0.25, 0.3) is 0 Å². The van der Waals surface area contributed by atoms with Gasteiger partial charge in [-0.2, -0.15) is 0 Å². The Hall–Kier alpha value is -1.56. The van der Waals surface area contributed by atoms with E-state index in [4.69, 9.17) is 4.74 Å². The first-order valence-electron chi connectivity index (χ1n) is 7.83. The predicted octanol–water partition coefficient (Wildman–Crippen LogP) is 1.27. The number of imidazole rings is 1. The Morgan fingerprint density at radius 3 is 3.29 bits per heavy atom. The van der Waals surface area contributed by atoms with Crippen LogP contribution in [0.5, 0.6) is 0 Å². The standard InChI is InChI=1S/C15H24N4O2/c1-18(15(20)17-9-13-3-2-8-21-13)10-12-4-5-14-16-6-7-19(14)11-12/h6-7,12-13H,2-5,8-11H2,1H3,(H,17,20)/t12-,13+/m0/s1. The summed E-state index contributed by atoms with van der Waals surface area (Å²) in [6.45, 7) is 3.19. The van der Waals surface area contributed by atoms with Gasteiger partial charge in [-0.3, -0.25) is 0 Å². The van der Waals surface area contributed by atoms with Crippen LogP contribution in [0.4, 0.5) is 4.79 Å². The largest absolute Gasteiger partial charge is 0.376 e. The monoisotopic (exact) mass is 292 g/mol. The van der Waals surface area contributed by atoms with Crippen LogP contribution >= 0.6 is 0 Å². The lowest BCUT2D eigenvalue weighted by atomic mass is 9.99. The second-order valence-corrected chi connectivity index (χ2v) is 6.10. The molecule has 3 rings (SSSR count). The minimum absolute atomic E-state index is 0.00179. The second-order valence-electron chi connectivity index (χ2n) is 6.10. The third kappa shape index (κ3) is 3.56. The Kier molecular flexibility index (Phi) is 4.43. The number of nitrogens with zero attached hydrogens (tertiary/aromatic N) is 3. The lowest BCUT2D eigenvalue weighted by Gasteiger charge is -2.28. The van der Waals surface area contributed by atoms with Crippen molar-refractivity contribution >= 4 is 6.03 Å². The van der Waals surface area contributed by atoms with Crippen molar-refractivity contribution in [3.05, 3.63) is 18.2 Å². The Morgan fingerprint density at radius 1 is 1.57 bits per heavy atom. The van der Waals surface area contributed by atoms with E-state index in [-0.39, 0.29) is 12.1 Å². The van der Waals surface area contributed by atoms with Crippen molar-refractivity contribution in [1.82, 2.24) is 19.8 Å². The summed E-state index contributed by atoms with van der Waals surface area (Å²) in [6.07, 6.45) is 8.34. The van der Waals surface area contributed by atoms with Gasteiger partial charge in [0.05, 0.1) is 6.10 Å². The van der Waals surface area contributed by atoms with Gasteiger partial charge in [-0.1, -0.05) is 0 Å². The van der Waals surface area contributed by atoms with Crippen LogP contribution in [0.15, 0.2) is 12.4 Å². The van der Waals surface area contributed by atoms with E-state index in [2.05, 4.69) is 14.9 Å². The van der Waals surface area contributed by atoms with Crippen LogP contribution in [0.1, 0.15) is 25.1 Å². The molecule has 0 unspecified atom stereocenters. The fourth-order valence-corrected chi connectivity index (χ4v) is 3.20. The van der Waals surface area contributed by atoms with Crippen molar-refractivity contribution in [3.63, 3.8) is 0 Å². The lowest BCUT2D eigenvalue weighted by molar-refractivity contribution is 0.109. The molecule has 2 aliphatic heterocycles. The molecule has 116 valence electrons. The van der Waals surface area contributed by atoms with Gasteiger partial charge in [-0.05, 0) is 25.2 Å². The van der Waals surface area contributed by atoms with Crippen molar-refractivity contribution in [2.75, 3.05) is 26.7 Å². The summed E-state index contributed by atoms with van der Waals surface area (Å²) in [4.78, 5) is 18.2. The number of urea groups is 1. The van der Waals surface area contributed by atoms with Crippen LogP contribution in [-0.2, 0) is 17.7 Å². The first-order valence-corrected chi connectivity index (χ1v) is 7.83. The summed E-state index contributed by atoms with van der Waals surface area (Å²) < 4.78 is 7.72. The molecule has 21 heavy (non-hydrogen) atoms. The maximum atomic E-state index is 12.1. The normalized spacial score (nSPS) is 24.6. The minimum atomic E-state index is 0.00179. The molecule has 0 aliphatic carbocycles.